The van der Waals surface area contributed by atoms with E-state index in [1.807, 2.05) is 20.8 Å². The molecule has 0 spiro atoms. The first kappa shape index (κ1) is 17.3. The summed E-state index contributed by atoms with van der Waals surface area (Å²) in [5.41, 5.74) is -0.0174. The number of carbonyl (C=O) groups excluding carboxylic acids is 1. The highest BCUT2D eigenvalue weighted by Gasteiger charge is 2.51. The monoisotopic (exact) mass is 310 g/mol. The summed E-state index contributed by atoms with van der Waals surface area (Å²) >= 11 is 0. The van der Waals surface area contributed by atoms with E-state index < -0.39 is 5.97 Å². The van der Waals surface area contributed by atoms with E-state index in [2.05, 4.69) is 0 Å². The van der Waals surface area contributed by atoms with Gasteiger partial charge in [0.2, 0.25) is 0 Å². The Morgan fingerprint density at radius 3 is 1.73 bits per heavy atom. The fourth-order valence-corrected chi connectivity index (χ4v) is 5.19. The number of carboxylic acids is 1. The third-order valence-electron chi connectivity index (χ3n) is 5.10. The van der Waals surface area contributed by atoms with Gasteiger partial charge < -0.3 is 9.84 Å². The van der Waals surface area contributed by atoms with E-state index >= 15 is 0 Å². The number of aliphatic carboxylic acids is 1. The highest BCUT2D eigenvalue weighted by atomic mass is 16.6. The fraction of sp³-hybridized carbons (Fsp3) is 0.889. The minimum Gasteiger partial charge on any atom is -0.481 e. The van der Waals surface area contributed by atoms with Crippen LogP contribution in [0.3, 0.4) is 0 Å². The van der Waals surface area contributed by atoms with Crippen LogP contribution in [0.5, 0.6) is 0 Å². The van der Waals surface area contributed by atoms with Gasteiger partial charge in [-0.25, -0.2) is 0 Å². The lowest BCUT2D eigenvalue weighted by Crippen LogP contribution is -2.47. The van der Waals surface area contributed by atoms with Crippen LogP contribution in [0, 0.1) is 23.2 Å². The molecule has 0 saturated heterocycles. The molecule has 22 heavy (non-hydrogen) atoms. The van der Waals surface area contributed by atoms with E-state index in [1.165, 1.54) is 38.5 Å². The van der Waals surface area contributed by atoms with E-state index in [1.54, 1.807) is 0 Å². The lowest BCUT2D eigenvalue weighted by Gasteiger charge is -2.56. The van der Waals surface area contributed by atoms with Crippen LogP contribution in [-0.4, -0.2) is 22.6 Å². The highest BCUT2D eigenvalue weighted by Crippen LogP contribution is 2.61. The molecule has 0 radical (unpaired) electrons. The zero-order valence-corrected chi connectivity index (χ0v) is 14.4. The quantitative estimate of drug-likeness (QED) is 0.782. The molecular formula is C18H30O4. The third-order valence-corrected chi connectivity index (χ3v) is 5.10. The fourth-order valence-electron chi connectivity index (χ4n) is 5.19. The molecule has 0 atom stereocenters. The second-order valence-corrected chi connectivity index (χ2v) is 8.70. The van der Waals surface area contributed by atoms with Gasteiger partial charge in [0.1, 0.15) is 5.60 Å². The summed E-state index contributed by atoms with van der Waals surface area (Å²) in [4.78, 5) is 21.1. The van der Waals surface area contributed by atoms with Gasteiger partial charge in [0.05, 0.1) is 6.42 Å². The van der Waals surface area contributed by atoms with Crippen LogP contribution < -0.4 is 0 Å². The number of carbonyl (C=O) groups is 2. The minimum absolute atomic E-state index is 0.0319. The molecule has 4 rings (SSSR count). The van der Waals surface area contributed by atoms with Crippen molar-refractivity contribution in [3.63, 3.8) is 0 Å². The summed E-state index contributed by atoms with van der Waals surface area (Å²) < 4.78 is 5.54. The summed E-state index contributed by atoms with van der Waals surface area (Å²) in [7, 11) is 0. The van der Waals surface area contributed by atoms with Crippen molar-refractivity contribution in [2.75, 3.05) is 0 Å². The first-order chi connectivity index (χ1) is 10.1. The Labute approximate surface area is 133 Å². The molecule has 4 aliphatic carbocycles. The van der Waals surface area contributed by atoms with Crippen LogP contribution >= 0.6 is 0 Å². The highest BCUT2D eigenvalue weighted by molar-refractivity contribution is 5.71. The SMILES string of the molecule is CC(=O)O.CC(C)(C)OC(=O)CC12CC3CC(CC(C3)C1)C2. The van der Waals surface area contributed by atoms with E-state index in [4.69, 9.17) is 14.6 Å². The number of esters is 1. The van der Waals surface area contributed by atoms with Crippen molar-refractivity contribution < 1.29 is 19.4 Å². The minimum atomic E-state index is -0.833. The summed E-state index contributed by atoms with van der Waals surface area (Å²) in [6.45, 7) is 6.97. The third kappa shape index (κ3) is 4.72. The molecule has 0 aromatic heterocycles. The van der Waals surface area contributed by atoms with Crippen molar-refractivity contribution in [2.24, 2.45) is 23.2 Å². The molecule has 126 valence electrons. The van der Waals surface area contributed by atoms with Crippen molar-refractivity contribution in [2.45, 2.75) is 78.2 Å². The van der Waals surface area contributed by atoms with Crippen molar-refractivity contribution in [3.05, 3.63) is 0 Å². The van der Waals surface area contributed by atoms with Gasteiger partial charge in [-0.2, -0.15) is 0 Å². The van der Waals surface area contributed by atoms with E-state index in [-0.39, 0.29) is 11.6 Å². The molecule has 0 aliphatic heterocycles. The Morgan fingerprint density at radius 2 is 1.41 bits per heavy atom. The molecule has 4 bridgehead atoms. The average molecular weight is 310 g/mol. The van der Waals surface area contributed by atoms with E-state index in [0.29, 0.717) is 11.8 Å². The molecule has 0 unspecified atom stereocenters. The number of ether oxygens (including phenoxy) is 1. The summed E-state index contributed by atoms with van der Waals surface area (Å²) in [5.74, 6) is 1.94. The normalized spacial score (nSPS) is 35.5. The van der Waals surface area contributed by atoms with Crippen LogP contribution in [-0.2, 0) is 14.3 Å². The summed E-state index contributed by atoms with van der Waals surface area (Å²) in [6, 6.07) is 0. The van der Waals surface area contributed by atoms with Gasteiger partial charge in [-0.1, -0.05) is 0 Å². The number of hydrogen-bond donors (Lipinski definition) is 1. The molecule has 0 amide bonds. The van der Waals surface area contributed by atoms with Gasteiger partial charge in [-0.15, -0.1) is 0 Å². The van der Waals surface area contributed by atoms with Crippen molar-refractivity contribution >= 4 is 11.9 Å². The van der Waals surface area contributed by atoms with Gasteiger partial charge in [-0.3, -0.25) is 9.59 Å². The molecule has 4 nitrogen and oxygen atoms in total. The lowest BCUT2D eigenvalue weighted by molar-refractivity contribution is -0.162. The zero-order valence-electron chi connectivity index (χ0n) is 14.4. The predicted octanol–water partition coefficient (Wildman–Crippen LogP) is 4.03. The summed E-state index contributed by atoms with van der Waals surface area (Å²) in [5, 5.41) is 7.42. The molecule has 0 aromatic carbocycles. The predicted molar refractivity (Wildman–Crippen MR) is 84.4 cm³/mol. The van der Waals surface area contributed by atoms with E-state index in [9.17, 15) is 4.79 Å². The molecule has 4 heteroatoms. The van der Waals surface area contributed by atoms with Crippen LogP contribution in [0.1, 0.15) is 72.6 Å². The molecule has 4 saturated carbocycles. The van der Waals surface area contributed by atoms with Crippen molar-refractivity contribution in [3.8, 4) is 0 Å². The second-order valence-electron chi connectivity index (χ2n) is 8.70. The van der Waals surface area contributed by atoms with Crippen LogP contribution in [0.25, 0.3) is 0 Å². The molecule has 4 aliphatic rings. The Morgan fingerprint density at radius 1 is 1.05 bits per heavy atom. The number of rotatable bonds is 2. The van der Waals surface area contributed by atoms with Gasteiger partial charge in [0.15, 0.2) is 0 Å². The molecule has 1 N–H and O–H groups in total. The largest absolute Gasteiger partial charge is 0.481 e. The lowest BCUT2D eigenvalue weighted by atomic mass is 9.49. The Hall–Kier alpha value is -1.06. The van der Waals surface area contributed by atoms with Crippen LogP contribution in [0.2, 0.25) is 0 Å². The number of hydrogen-bond acceptors (Lipinski definition) is 3. The smallest absolute Gasteiger partial charge is 0.306 e. The van der Waals surface area contributed by atoms with Gasteiger partial charge in [0.25, 0.3) is 5.97 Å². The maximum atomic E-state index is 12.1. The van der Waals surface area contributed by atoms with Crippen molar-refractivity contribution in [1.29, 1.82) is 0 Å². The maximum absolute atomic E-state index is 12.1. The van der Waals surface area contributed by atoms with Gasteiger partial charge in [0, 0.05) is 6.92 Å². The molecule has 4 fully saturated rings. The first-order valence-corrected chi connectivity index (χ1v) is 8.48. The van der Waals surface area contributed by atoms with Crippen LogP contribution in [0.15, 0.2) is 0 Å². The molecule has 0 heterocycles. The standard InChI is InChI=1S/C16H26O2.C2H4O2/c1-15(2,3)18-14(17)10-16-7-11-4-12(8-16)6-13(5-11)9-16;1-2(3)4/h11-13H,4-10H2,1-3H3;1H3,(H,3,4). The van der Waals surface area contributed by atoms with Gasteiger partial charge >= 0.3 is 5.97 Å². The topological polar surface area (TPSA) is 63.6 Å². The van der Waals surface area contributed by atoms with Crippen LogP contribution in [0.4, 0.5) is 0 Å². The Bertz CT molecular complexity index is 394. The Balaban J connectivity index is 0.000000396. The molecular weight excluding hydrogens is 280 g/mol. The summed E-state index contributed by atoms with van der Waals surface area (Å²) in [6.07, 6.45) is 8.86. The maximum Gasteiger partial charge on any atom is 0.306 e. The second kappa shape index (κ2) is 6.21. The van der Waals surface area contributed by atoms with Crippen molar-refractivity contribution in [1.82, 2.24) is 0 Å². The van der Waals surface area contributed by atoms with E-state index in [0.717, 1.165) is 24.7 Å². The number of carboxylic acid groups (broad SMARTS) is 1. The van der Waals surface area contributed by atoms with Gasteiger partial charge in [-0.05, 0) is 82.5 Å². The first-order valence-electron chi connectivity index (χ1n) is 8.48. The molecule has 0 aromatic rings. The average Bonchev–Trinajstić information content (AvgIpc) is 2.20. The Kier molecular flexibility index (Phi) is 4.88. The zero-order chi connectivity index (χ0) is 16.5.